The van der Waals surface area contributed by atoms with Gasteiger partial charge in [0.25, 0.3) is 0 Å². The van der Waals surface area contributed by atoms with E-state index in [0.29, 0.717) is 4.60 Å². The molecule has 0 aliphatic rings. The van der Waals surface area contributed by atoms with Gasteiger partial charge in [-0.05, 0) is 42.8 Å². The molecule has 0 spiro atoms. The number of nitrogens with one attached hydrogen (secondary N) is 1. The van der Waals surface area contributed by atoms with Crippen LogP contribution in [0.4, 0.5) is 23.7 Å². The highest BCUT2D eigenvalue weighted by atomic mass is 79.9. The minimum atomic E-state index is -4.49. The lowest BCUT2D eigenvalue weighted by atomic mass is 10.2. The fourth-order valence-electron chi connectivity index (χ4n) is 1.20. The van der Waals surface area contributed by atoms with Crippen molar-refractivity contribution in [2.75, 3.05) is 11.9 Å². The van der Waals surface area contributed by atoms with Crippen LogP contribution in [0.15, 0.2) is 16.9 Å². The fraction of sp³-hybridized carbons (Fsp3) is 0.500. The molecule has 0 atom stereocenters. The Bertz CT molecular complexity index is 515. The third kappa shape index (κ3) is 7.16. The van der Waals surface area contributed by atoms with Gasteiger partial charge in [0.05, 0.1) is 11.9 Å². The number of hydrogen-bond acceptors (Lipinski definition) is 4. The summed E-state index contributed by atoms with van der Waals surface area (Å²) in [4.78, 5) is 15.4. The fourth-order valence-corrected chi connectivity index (χ4v) is 1.53. The molecule has 5 nitrogen and oxygen atoms in total. The smallest absolute Gasteiger partial charge is 0.422 e. The zero-order valence-electron chi connectivity index (χ0n) is 11.5. The van der Waals surface area contributed by atoms with Crippen molar-refractivity contribution >= 4 is 27.7 Å². The number of rotatable bonds is 3. The number of pyridine rings is 1. The van der Waals surface area contributed by atoms with Crippen LogP contribution in [0.25, 0.3) is 0 Å². The summed E-state index contributed by atoms with van der Waals surface area (Å²) in [7, 11) is 0. The van der Waals surface area contributed by atoms with E-state index in [-0.39, 0.29) is 11.4 Å². The van der Waals surface area contributed by atoms with Crippen molar-refractivity contribution < 1.29 is 27.4 Å². The van der Waals surface area contributed by atoms with E-state index in [4.69, 9.17) is 4.74 Å². The molecular weight excluding hydrogens is 357 g/mol. The van der Waals surface area contributed by atoms with Crippen LogP contribution in [0.3, 0.4) is 0 Å². The summed E-state index contributed by atoms with van der Waals surface area (Å²) in [5, 5.41) is 2.32. The largest absolute Gasteiger partial charge is 0.480 e. The van der Waals surface area contributed by atoms with Crippen LogP contribution >= 0.6 is 15.9 Å². The van der Waals surface area contributed by atoms with Gasteiger partial charge in [-0.2, -0.15) is 13.2 Å². The van der Waals surface area contributed by atoms with Crippen molar-refractivity contribution in [3.8, 4) is 5.75 Å². The molecule has 1 aromatic rings. The molecule has 1 heterocycles. The normalized spacial score (nSPS) is 12.0. The molecule has 118 valence electrons. The van der Waals surface area contributed by atoms with Crippen LogP contribution in [0.1, 0.15) is 20.8 Å². The summed E-state index contributed by atoms with van der Waals surface area (Å²) in [6.45, 7) is 3.50. The number of amides is 1. The van der Waals surface area contributed by atoms with Crippen LogP contribution in [-0.4, -0.2) is 29.5 Å². The van der Waals surface area contributed by atoms with Crippen molar-refractivity contribution in [1.29, 1.82) is 0 Å². The average molecular weight is 371 g/mol. The van der Waals surface area contributed by atoms with Gasteiger partial charge in [-0.15, -0.1) is 0 Å². The van der Waals surface area contributed by atoms with E-state index in [9.17, 15) is 18.0 Å². The monoisotopic (exact) mass is 370 g/mol. The average Bonchev–Trinajstić information content (AvgIpc) is 2.23. The highest BCUT2D eigenvalue weighted by molar-refractivity contribution is 9.10. The number of carbonyl (C=O) groups is 1. The first-order chi connectivity index (χ1) is 9.46. The zero-order valence-corrected chi connectivity index (χ0v) is 13.1. The molecule has 0 saturated heterocycles. The molecule has 0 aliphatic carbocycles. The molecule has 0 saturated carbocycles. The number of carbonyl (C=O) groups excluding carboxylic acids is 1. The molecule has 1 amide bonds. The van der Waals surface area contributed by atoms with Gasteiger partial charge in [-0.3, -0.25) is 5.32 Å². The van der Waals surface area contributed by atoms with Crippen molar-refractivity contribution in [2.24, 2.45) is 0 Å². The topological polar surface area (TPSA) is 60.5 Å². The lowest BCUT2D eigenvalue weighted by molar-refractivity contribution is -0.153. The summed E-state index contributed by atoms with van der Waals surface area (Å²) < 4.78 is 46.5. The van der Waals surface area contributed by atoms with Gasteiger partial charge in [-0.1, -0.05) is 0 Å². The first-order valence-electron chi connectivity index (χ1n) is 5.81. The van der Waals surface area contributed by atoms with Crippen molar-refractivity contribution in [1.82, 2.24) is 4.98 Å². The van der Waals surface area contributed by atoms with Crippen LogP contribution in [0.5, 0.6) is 5.75 Å². The van der Waals surface area contributed by atoms with Gasteiger partial charge in [0.15, 0.2) is 12.4 Å². The van der Waals surface area contributed by atoms with Gasteiger partial charge < -0.3 is 9.47 Å². The minimum Gasteiger partial charge on any atom is -0.480 e. The van der Waals surface area contributed by atoms with Gasteiger partial charge >= 0.3 is 12.3 Å². The Morgan fingerprint density at radius 3 is 2.52 bits per heavy atom. The number of aromatic nitrogens is 1. The highest BCUT2D eigenvalue weighted by Gasteiger charge is 2.29. The number of nitrogens with zero attached hydrogens (tertiary/aromatic N) is 1. The summed E-state index contributed by atoms with van der Waals surface area (Å²) in [6.07, 6.45) is -4.23. The minimum absolute atomic E-state index is 0.0235. The Hall–Kier alpha value is -1.51. The van der Waals surface area contributed by atoms with Gasteiger partial charge in [0.1, 0.15) is 10.2 Å². The summed E-state index contributed by atoms with van der Waals surface area (Å²) in [5.41, 5.74) is -0.711. The Morgan fingerprint density at radius 1 is 1.38 bits per heavy atom. The Morgan fingerprint density at radius 2 is 2.00 bits per heavy atom. The van der Waals surface area contributed by atoms with Crippen LogP contribution < -0.4 is 10.1 Å². The maximum Gasteiger partial charge on any atom is 0.422 e. The SMILES string of the molecule is CC(C)(C)OC(=O)Nc1cc(Br)ncc1OCC(F)(F)F. The van der Waals surface area contributed by atoms with E-state index < -0.39 is 24.5 Å². The molecule has 9 heteroatoms. The van der Waals surface area contributed by atoms with Crippen molar-refractivity contribution in [3.63, 3.8) is 0 Å². The van der Waals surface area contributed by atoms with Gasteiger partial charge in [-0.25, -0.2) is 9.78 Å². The summed E-state index contributed by atoms with van der Waals surface area (Å²) in [6, 6.07) is 1.32. The Balaban J connectivity index is 2.84. The standard InChI is InChI=1S/C12H14BrF3N2O3/c1-11(2,3)21-10(19)18-7-4-9(13)17-5-8(7)20-6-12(14,15)16/h4-5H,6H2,1-3H3,(H,17,18,19). The molecule has 0 fully saturated rings. The first kappa shape index (κ1) is 17.5. The molecule has 1 rings (SSSR count). The van der Waals surface area contributed by atoms with E-state index in [1.807, 2.05) is 0 Å². The molecular formula is C12H14BrF3N2O3. The second-order valence-electron chi connectivity index (χ2n) is 5.03. The Labute approximate surface area is 128 Å². The van der Waals surface area contributed by atoms with E-state index in [0.717, 1.165) is 6.20 Å². The quantitative estimate of drug-likeness (QED) is 0.812. The Kier molecular flexibility index (Phi) is 5.43. The lowest BCUT2D eigenvalue weighted by Gasteiger charge is -2.20. The second-order valence-corrected chi connectivity index (χ2v) is 5.85. The third-order valence-electron chi connectivity index (χ3n) is 1.86. The number of ether oxygens (including phenoxy) is 2. The molecule has 0 bridgehead atoms. The predicted octanol–water partition coefficient (Wildman–Crippen LogP) is 4.13. The zero-order chi connectivity index (χ0) is 16.3. The molecule has 21 heavy (non-hydrogen) atoms. The maximum atomic E-state index is 12.2. The van der Waals surface area contributed by atoms with Crippen LogP contribution in [0, 0.1) is 0 Å². The lowest BCUT2D eigenvalue weighted by Crippen LogP contribution is -2.27. The molecule has 0 radical (unpaired) electrons. The molecule has 0 aliphatic heterocycles. The second kappa shape index (κ2) is 6.50. The van der Waals surface area contributed by atoms with Gasteiger partial charge in [0.2, 0.25) is 0 Å². The number of anilines is 1. The van der Waals surface area contributed by atoms with E-state index in [1.54, 1.807) is 20.8 Å². The molecule has 1 aromatic heterocycles. The molecule has 0 aromatic carbocycles. The maximum absolute atomic E-state index is 12.2. The van der Waals surface area contributed by atoms with Crippen LogP contribution in [0.2, 0.25) is 0 Å². The van der Waals surface area contributed by atoms with Crippen LogP contribution in [-0.2, 0) is 4.74 Å². The summed E-state index contributed by atoms with van der Waals surface area (Å²) in [5.74, 6) is -0.207. The number of hydrogen-bond donors (Lipinski definition) is 1. The molecule has 0 unspecified atom stereocenters. The van der Waals surface area contributed by atoms with Gasteiger partial charge in [0, 0.05) is 0 Å². The highest BCUT2D eigenvalue weighted by Crippen LogP contribution is 2.28. The number of halogens is 4. The first-order valence-corrected chi connectivity index (χ1v) is 6.61. The third-order valence-corrected chi connectivity index (χ3v) is 2.29. The van der Waals surface area contributed by atoms with E-state index in [2.05, 4.69) is 31.0 Å². The number of alkyl halides is 3. The summed E-state index contributed by atoms with van der Waals surface area (Å²) >= 11 is 3.06. The molecule has 1 N–H and O–H groups in total. The van der Waals surface area contributed by atoms with E-state index in [1.165, 1.54) is 6.07 Å². The van der Waals surface area contributed by atoms with Crippen molar-refractivity contribution in [2.45, 2.75) is 32.5 Å². The predicted molar refractivity (Wildman–Crippen MR) is 73.3 cm³/mol. The van der Waals surface area contributed by atoms with E-state index >= 15 is 0 Å². The van der Waals surface area contributed by atoms with Crippen molar-refractivity contribution in [3.05, 3.63) is 16.9 Å².